The first-order chi connectivity index (χ1) is 57.9. The number of aromatic nitrogens is 8. The van der Waals surface area contributed by atoms with Crippen LogP contribution in [-0.2, 0) is 69.3 Å². The number of anilines is 1. The van der Waals surface area contributed by atoms with Crippen molar-refractivity contribution in [2.45, 2.75) is 159 Å². The zero-order valence-corrected chi connectivity index (χ0v) is 72.1. The summed E-state index contributed by atoms with van der Waals surface area (Å²) in [5, 5.41) is 47.1. The number of likely N-dealkylation sites (N-methyl/N-ethyl adjacent to an activating group) is 5. The molecule has 0 saturated heterocycles. The van der Waals surface area contributed by atoms with Crippen LogP contribution in [0.4, 0.5) is 73.2 Å². The summed E-state index contributed by atoms with van der Waals surface area (Å²) in [5.74, 6) is -14.0. The van der Waals surface area contributed by atoms with Gasteiger partial charge >= 0.3 is 24.1 Å². The molecule has 8 heterocycles. The average Bonchev–Trinajstić information content (AvgIpc) is 1.63. The van der Waals surface area contributed by atoms with Crippen molar-refractivity contribution in [1.29, 1.82) is 0 Å². The number of aliphatic hydroxyl groups is 1. The lowest BCUT2D eigenvalue weighted by molar-refractivity contribution is -0.126. The first-order valence-electron chi connectivity index (χ1n) is 39.7. The highest BCUT2D eigenvalue weighted by atomic mass is 19.2. The fraction of sp³-hybridized carbons (Fsp3) is 0.476. The summed E-state index contributed by atoms with van der Waals surface area (Å²) in [6.45, 7) is 24.7. The standard InChI is InChI=1S/3C21H26F3N5O2.C21H26F2N4O4/c1-21(2,3)18(19(30)25-4)26-20(31)29-16-6-7-28(5)10-12(16)17(27-29)11-8-14(23)15(24)9-13(11)22;1-21(2,3)18(19(30)25-4)26-20(31)29-16-10-28(5)7-6-11(16)17(27-29)12-8-14(23)15(24)9-13(12)22;1-21(2,3)18(19(30)25-4)26-20(31)29-15-7-6-8-28(5)17(15)16(27-29)11-9-13(23)14(24)10-12(11)22;1-21(2,3)18(19(29)24-7-8-28)25-20(30)27-16-6-9-31-11-13(16)17(26-27)12-4-5-14(22)15(23)10-12/h2*8-9,18H,6-7,10H2,1-5H3,(H,25,30)(H,26,31);9-10,18H,6-8H2,1-5H3,(H,25,30)(H,26,31);4-5,10,18,28H,6-9,11H2,1-3H3,(H,24,29)(H,25,30)/t4*18-/m1111/s1. The summed E-state index contributed by atoms with van der Waals surface area (Å²) in [5.41, 5.74) is 2.15. The molecule has 0 fully saturated rings. The fourth-order valence-electron chi connectivity index (χ4n) is 14.4. The number of carbonyl (C=O) groups is 8. The number of amides is 8. The molecule has 0 aliphatic carbocycles. The lowest BCUT2D eigenvalue weighted by Crippen LogP contribution is -2.55. The van der Waals surface area contributed by atoms with Crippen molar-refractivity contribution in [2.24, 2.45) is 21.7 Å². The van der Waals surface area contributed by atoms with Gasteiger partial charge in [-0.3, -0.25) is 19.2 Å². The van der Waals surface area contributed by atoms with Gasteiger partial charge in [0, 0.05) is 137 Å². The predicted octanol–water partition coefficient (Wildman–Crippen LogP) is 10.4. The summed E-state index contributed by atoms with van der Waals surface area (Å²) in [7, 11) is 9.89. The molecule has 9 N–H and O–H groups in total. The van der Waals surface area contributed by atoms with E-state index in [0.29, 0.717) is 140 Å². The molecule has 29 nitrogen and oxygen atoms in total. The van der Waals surface area contributed by atoms with Gasteiger partial charge < -0.3 is 67.1 Å². The third kappa shape index (κ3) is 21.7. The second kappa shape index (κ2) is 39.0. The van der Waals surface area contributed by atoms with Gasteiger partial charge in [-0.15, -0.1) is 0 Å². The topological polar surface area (TPSA) is 343 Å². The van der Waals surface area contributed by atoms with Crippen molar-refractivity contribution in [3.8, 4) is 45.0 Å². The molecule has 0 spiro atoms. The molecule has 0 unspecified atom stereocenters. The summed E-state index contributed by atoms with van der Waals surface area (Å²) in [6, 6.07) is 0.980. The lowest BCUT2D eigenvalue weighted by atomic mass is 9.86. The van der Waals surface area contributed by atoms with E-state index >= 15 is 0 Å². The molecule has 0 saturated carbocycles. The molecule has 4 aromatic carbocycles. The van der Waals surface area contributed by atoms with Crippen molar-refractivity contribution in [3.63, 3.8) is 0 Å². The van der Waals surface area contributed by atoms with Crippen molar-refractivity contribution in [2.75, 3.05) is 86.6 Å². The van der Waals surface area contributed by atoms with Gasteiger partial charge in [-0.1, -0.05) is 83.1 Å². The van der Waals surface area contributed by atoms with Crippen molar-refractivity contribution in [3.05, 3.63) is 158 Å². The number of halogens is 11. The first kappa shape index (κ1) is 96.2. The van der Waals surface area contributed by atoms with Gasteiger partial charge in [0.25, 0.3) is 0 Å². The quantitative estimate of drug-likeness (QED) is 0.0361. The number of aliphatic hydroxyl groups excluding tert-OH is 1. The van der Waals surface area contributed by atoms with E-state index in [-0.39, 0.29) is 71.3 Å². The van der Waals surface area contributed by atoms with Gasteiger partial charge in [0.2, 0.25) is 23.6 Å². The molecular weight excluding hydrogens is 1640 g/mol. The monoisotopic (exact) mass is 1750 g/mol. The van der Waals surface area contributed by atoms with Crippen LogP contribution < -0.4 is 47.4 Å². The zero-order chi connectivity index (χ0) is 92.0. The Balaban J connectivity index is 0.000000187. The SMILES string of the molecule is CC(C)(C)[C@H](NC(=O)n1nc(-c2ccc(F)c(F)c2)c2c1CCOC2)C(=O)NCCO.CNC(=O)[C@@H](NC(=O)n1nc(-c2cc(F)c(F)cc2F)c2c1CCCN2C)C(C)(C)C.CNC(=O)[C@@H](NC(=O)n1nc(-c2cc(F)c(F)cc2F)c2c1CCN(C)C2)C(C)(C)C.CNC(=O)[C@@H](NC(=O)n1nc(-c2cc(F)c(F)cc2F)c2c1CN(C)CC2)C(C)(C)C. The van der Waals surface area contributed by atoms with Gasteiger partial charge in [0.15, 0.2) is 46.5 Å². The molecule has 8 amide bonds. The highest BCUT2D eigenvalue weighted by Gasteiger charge is 2.41. The van der Waals surface area contributed by atoms with Crippen LogP contribution in [0.1, 0.15) is 129 Å². The maximum Gasteiger partial charge on any atom is 0.343 e. The number of nitrogens with zero attached hydrogens (tertiary/aromatic N) is 11. The number of fused-ring (bicyclic) bond motifs is 4. The third-order valence-electron chi connectivity index (χ3n) is 21.1. The second-order valence-electron chi connectivity index (χ2n) is 34.6. The number of rotatable bonds is 14. The number of nitrogens with one attached hydrogen (secondary N) is 8. The molecule has 8 aromatic rings. The van der Waals surface area contributed by atoms with Crippen molar-refractivity contribution >= 4 is 53.4 Å². The lowest BCUT2D eigenvalue weighted by Gasteiger charge is -2.30. The van der Waals surface area contributed by atoms with Crippen LogP contribution in [0, 0.1) is 85.6 Å². The van der Waals surface area contributed by atoms with Crippen LogP contribution in [0.15, 0.2) is 54.6 Å². The summed E-state index contributed by atoms with van der Waals surface area (Å²) >= 11 is 0. The Kier molecular flexibility index (Phi) is 30.3. The maximum atomic E-state index is 14.5. The molecule has 0 bridgehead atoms. The van der Waals surface area contributed by atoms with Crippen LogP contribution in [-0.4, -0.2) is 208 Å². The Morgan fingerprint density at radius 3 is 1.21 bits per heavy atom. The Hall–Kier alpha value is -11.7. The van der Waals surface area contributed by atoms with Crippen LogP contribution in [0.3, 0.4) is 0 Å². The van der Waals surface area contributed by atoms with Crippen LogP contribution in [0.5, 0.6) is 0 Å². The molecular formula is C84H104F11N19O10. The van der Waals surface area contributed by atoms with E-state index in [1.165, 1.54) is 27.2 Å². The number of carbonyl (C=O) groups excluding carboxylic acids is 8. The number of hydrogen-bond donors (Lipinski definition) is 9. The Bertz CT molecular complexity index is 5370. The molecule has 40 heteroatoms. The third-order valence-corrected chi connectivity index (χ3v) is 21.1. The molecule has 4 atom stereocenters. The van der Waals surface area contributed by atoms with E-state index in [1.807, 2.05) is 86.2 Å². The summed E-state index contributed by atoms with van der Waals surface area (Å²) in [6.07, 6.45) is 2.49. The smallest absolute Gasteiger partial charge is 0.343 e. The molecule has 124 heavy (non-hydrogen) atoms. The van der Waals surface area contributed by atoms with Crippen LogP contribution in [0.25, 0.3) is 45.0 Å². The fourth-order valence-corrected chi connectivity index (χ4v) is 14.4. The van der Waals surface area contributed by atoms with Gasteiger partial charge in [-0.25, -0.2) is 67.5 Å². The zero-order valence-electron chi connectivity index (χ0n) is 72.1. The molecule has 4 aliphatic heterocycles. The van der Waals surface area contributed by atoms with E-state index in [1.54, 1.807) is 32.7 Å². The van der Waals surface area contributed by atoms with Gasteiger partial charge in [-0.2, -0.15) is 39.1 Å². The number of ether oxygens (including phenoxy) is 1. The maximum absolute atomic E-state index is 14.5. The molecule has 12 rings (SSSR count). The number of benzene rings is 4. The summed E-state index contributed by atoms with van der Waals surface area (Å²) in [4.78, 5) is 108. The minimum absolute atomic E-state index is 0.0380. The Labute approximate surface area is 708 Å². The first-order valence-corrected chi connectivity index (χ1v) is 39.7. The molecule has 4 aromatic heterocycles. The second-order valence-corrected chi connectivity index (χ2v) is 34.6. The number of hydrogen-bond acceptors (Lipinski definition) is 17. The normalized spacial score (nSPS) is 15.0. The summed E-state index contributed by atoms with van der Waals surface area (Å²) < 4.78 is 162. The molecule has 4 aliphatic rings. The molecule has 0 radical (unpaired) electrons. The minimum atomic E-state index is -1.31. The average molecular weight is 1750 g/mol. The van der Waals surface area contributed by atoms with Crippen molar-refractivity contribution in [1.82, 2.24) is 91.5 Å². The largest absolute Gasteiger partial charge is 0.395 e. The molecule has 672 valence electrons. The van der Waals surface area contributed by atoms with Crippen LogP contribution in [0.2, 0.25) is 0 Å². The van der Waals surface area contributed by atoms with Gasteiger partial charge in [-0.05, 0) is 91.4 Å². The van der Waals surface area contributed by atoms with E-state index in [0.717, 1.165) is 55.5 Å². The van der Waals surface area contributed by atoms with Gasteiger partial charge in [0.1, 0.15) is 53.0 Å². The van der Waals surface area contributed by atoms with Crippen LogP contribution >= 0.6 is 0 Å². The van der Waals surface area contributed by atoms with E-state index in [4.69, 9.17) is 9.84 Å². The predicted molar refractivity (Wildman–Crippen MR) is 436 cm³/mol. The Morgan fingerprint density at radius 1 is 0.403 bits per heavy atom. The van der Waals surface area contributed by atoms with E-state index < -0.39 is 140 Å². The Morgan fingerprint density at radius 2 is 0.774 bits per heavy atom. The van der Waals surface area contributed by atoms with E-state index in [2.05, 4.69) is 62.9 Å². The van der Waals surface area contributed by atoms with Gasteiger partial charge in [0.05, 0.1) is 59.7 Å². The van der Waals surface area contributed by atoms with Crippen molar-refractivity contribution < 1.29 is 96.5 Å². The highest BCUT2D eigenvalue weighted by molar-refractivity contribution is 5.93. The highest BCUT2D eigenvalue weighted by Crippen LogP contribution is 2.41. The van der Waals surface area contributed by atoms with E-state index in [9.17, 15) is 86.7 Å². The minimum Gasteiger partial charge on any atom is -0.395 e.